The number of unbranched alkanes of at least 4 members (excludes halogenated alkanes) is 5. The molecule has 116 valence electrons. The molecule has 0 aromatic heterocycles. The molecule has 1 heterocycles. The zero-order valence-corrected chi connectivity index (χ0v) is 13.3. The summed E-state index contributed by atoms with van der Waals surface area (Å²) in [6.45, 7) is 3.19. The fraction of sp³-hybridized carbons (Fsp3) is 0.562. The summed E-state index contributed by atoms with van der Waals surface area (Å²) < 4.78 is 5.39. The highest BCUT2D eigenvalue weighted by molar-refractivity contribution is 6.33. The number of rotatable bonds is 8. The monoisotopic (exact) mass is 310 g/mol. The van der Waals surface area contributed by atoms with Crippen LogP contribution < -0.4 is 15.4 Å². The van der Waals surface area contributed by atoms with Crippen molar-refractivity contribution in [3.05, 3.63) is 17.2 Å². The van der Waals surface area contributed by atoms with Crippen LogP contribution in [0, 0.1) is 0 Å². The largest absolute Gasteiger partial charge is 0.482 e. The van der Waals surface area contributed by atoms with Crippen molar-refractivity contribution in [3.63, 3.8) is 0 Å². The molecule has 5 heteroatoms. The minimum Gasteiger partial charge on any atom is -0.482 e. The van der Waals surface area contributed by atoms with Gasteiger partial charge in [-0.25, -0.2) is 0 Å². The molecule has 4 nitrogen and oxygen atoms in total. The first-order chi connectivity index (χ1) is 10.2. The Kier molecular flexibility index (Phi) is 6.18. The SMILES string of the molecule is CCCCCCCCNc1cc2c(cc1Cl)NC(=O)CO2. The number of nitrogens with one attached hydrogen (secondary N) is 2. The van der Waals surface area contributed by atoms with Gasteiger partial charge in [0.25, 0.3) is 5.91 Å². The molecular formula is C16H23ClN2O2. The molecule has 21 heavy (non-hydrogen) atoms. The number of fused-ring (bicyclic) bond motifs is 1. The van der Waals surface area contributed by atoms with E-state index in [1.165, 1.54) is 32.1 Å². The second kappa shape index (κ2) is 8.13. The van der Waals surface area contributed by atoms with E-state index < -0.39 is 0 Å². The number of benzene rings is 1. The highest BCUT2D eigenvalue weighted by Crippen LogP contribution is 2.36. The van der Waals surface area contributed by atoms with E-state index in [1.807, 2.05) is 6.07 Å². The smallest absolute Gasteiger partial charge is 0.262 e. The van der Waals surface area contributed by atoms with Crippen LogP contribution in [0.4, 0.5) is 11.4 Å². The van der Waals surface area contributed by atoms with Gasteiger partial charge in [0.1, 0.15) is 5.75 Å². The molecule has 2 rings (SSSR count). The summed E-state index contributed by atoms with van der Waals surface area (Å²) in [6.07, 6.45) is 7.59. The second-order valence-electron chi connectivity index (χ2n) is 5.36. The summed E-state index contributed by atoms with van der Waals surface area (Å²) in [5.74, 6) is 0.524. The molecule has 1 aliphatic rings. The lowest BCUT2D eigenvalue weighted by molar-refractivity contribution is -0.118. The summed E-state index contributed by atoms with van der Waals surface area (Å²) in [6, 6.07) is 3.59. The van der Waals surface area contributed by atoms with Crippen LogP contribution in [-0.2, 0) is 4.79 Å². The van der Waals surface area contributed by atoms with Crippen molar-refractivity contribution in [1.82, 2.24) is 0 Å². The van der Waals surface area contributed by atoms with Gasteiger partial charge >= 0.3 is 0 Å². The zero-order valence-electron chi connectivity index (χ0n) is 12.5. The van der Waals surface area contributed by atoms with Crippen LogP contribution >= 0.6 is 11.6 Å². The van der Waals surface area contributed by atoms with Crippen LogP contribution in [0.2, 0.25) is 5.02 Å². The van der Waals surface area contributed by atoms with Crippen molar-refractivity contribution in [2.45, 2.75) is 45.4 Å². The summed E-state index contributed by atoms with van der Waals surface area (Å²) in [7, 11) is 0. The molecule has 0 fully saturated rings. The molecule has 1 amide bonds. The van der Waals surface area contributed by atoms with Gasteiger partial charge in [-0.3, -0.25) is 4.79 Å². The minimum atomic E-state index is -0.147. The molecule has 0 saturated carbocycles. The van der Waals surface area contributed by atoms with Crippen LogP contribution in [-0.4, -0.2) is 19.1 Å². The second-order valence-corrected chi connectivity index (χ2v) is 5.77. The Labute approximate surface area is 131 Å². The quantitative estimate of drug-likeness (QED) is 0.698. The van der Waals surface area contributed by atoms with E-state index in [0.29, 0.717) is 16.5 Å². The van der Waals surface area contributed by atoms with Gasteiger partial charge in [0.15, 0.2) is 6.61 Å². The van der Waals surface area contributed by atoms with E-state index >= 15 is 0 Å². The lowest BCUT2D eigenvalue weighted by Crippen LogP contribution is -2.25. The Morgan fingerprint density at radius 1 is 1.24 bits per heavy atom. The lowest BCUT2D eigenvalue weighted by atomic mass is 10.1. The fourth-order valence-electron chi connectivity index (χ4n) is 2.36. The fourth-order valence-corrected chi connectivity index (χ4v) is 2.59. The molecule has 1 aliphatic heterocycles. The molecule has 0 spiro atoms. The Morgan fingerprint density at radius 3 is 2.81 bits per heavy atom. The Bertz CT molecular complexity index is 491. The molecule has 1 aromatic carbocycles. The molecule has 0 radical (unpaired) electrons. The number of carbonyl (C=O) groups is 1. The third-order valence-corrected chi connectivity index (χ3v) is 3.86. The van der Waals surface area contributed by atoms with Gasteiger partial charge in [-0.15, -0.1) is 0 Å². The minimum absolute atomic E-state index is 0.0610. The summed E-state index contributed by atoms with van der Waals surface area (Å²) in [5, 5.41) is 6.69. The molecule has 1 aromatic rings. The first-order valence-electron chi connectivity index (χ1n) is 7.70. The Morgan fingerprint density at radius 2 is 2.00 bits per heavy atom. The predicted molar refractivity (Wildman–Crippen MR) is 87.4 cm³/mol. The summed E-state index contributed by atoms with van der Waals surface area (Å²) in [5.41, 5.74) is 1.50. The molecule has 0 atom stereocenters. The van der Waals surface area contributed by atoms with Crippen LogP contribution in [0.3, 0.4) is 0 Å². The van der Waals surface area contributed by atoms with Crippen LogP contribution in [0.25, 0.3) is 0 Å². The standard InChI is InChI=1S/C16H23ClN2O2/c1-2-3-4-5-6-7-8-18-13-10-15-14(9-12(13)17)19-16(20)11-21-15/h9-10,18H,2-8,11H2,1H3,(H,19,20). The number of anilines is 2. The van der Waals surface area contributed by atoms with Crippen LogP contribution in [0.15, 0.2) is 12.1 Å². The number of halogens is 1. The molecule has 0 unspecified atom stereocenters. The first-order valence-corrected chi connectivity index (χ1v) is 8.08. The molecule has 0 aliphatic carbocycles. The van der Waals surface area contributed by atoms with E-state index in [0.717, 1.165) is 18.7 Å². The van der Waals surface area contributed by atoms with Gasteiger partial charge in [-0.1, -0.05) is 50.6 Å². The van der Waals surface area contributed by atoms with Crippen molar-refractivity contribution in [2.24, 2.45) is 0 Å². The highest BCUT2D eigenvalue weighted by Gasteiger charge is 2.17. The first kappa shape index (κ1) is 16.0. The number of hydrogen-bond acceptors (Lipinski definition) is 3. The predicted octanol–water partition coefficient (Wildman–Crippen LogP) is 4.44. The topological polar surface area (TPSA) is 50.4 Å². The lowest BCUT2D eigenvalue weighted by Gasteiger charge is -2.20. The van der Waals surface area contributed by atoms with Crippen molar-refractivity contribution in [1.29, 1.82) is 0 Å². The highest BCUT2D eigenvalue weighted by atomic mass is 35.5. The summed E-state index contributed by atoms with van der Waals surface area (Å²) in [4.78, 5) is 11.2. The normalized spacial score (nSPS) is 13.3. The van der Waals surface area contributed by atoms with Gasteiger partial charge in [0, 0.05) is 12.6 Å². The van der Waals surface area contributed by atoms with E-state index in [1.54, 1.807) is 6.07 Å². The van der Waals surface area contributed by atoms with Gasteiger partial charge in [-0.05, 0) is 12.5 Å². The van der Waals surface area contributed by atoms with Gasteiger partial charge in [0.05, 0.1) is 16.4 Å². The number of carbonyl (C=O) groups excluding carboxylic acids is 1. The van der Waals surface area contributed by atoms with Crippen molar-refractivity contribution >= 4 is 28.9 Å². The summed E-state index contributed by atoms with van der Waals surface area (Å²) >= 11 is 6.22. The molecule has 0 bridgehead atoms. The van der Waals surface area contributed by atoms with Gasteiger partial charge in [0.2, 0.25) is 0 Å². The van der Waals surface area contributed by atoms with Crippen molar-refractivity contribution < 1.29 is 9.53 Å². The van der Waals surface area contributed by atoms with Gasteiger partial charge < -0.3 is 15.4 Å². The Hall–Kier alpha value is -1.42. The zero-order chi connectivity index (χ0) is 15.1. The maximum atomic E-state index is 11.2. The van der Waals surface area contributed by atoms with Crippen LogP contribution in [0.1, 0.15) is 45.4 Å². The maximum absolute atomic E-state index is 11.2. The maximum Gasteiger partial charge on any atom is 0.262 e. The van der Waals surface area contributed by atoms with E-state index in [-0.39, 0.29) is 12.5 Å². The van der Waals surface area contributed by atoms with E-state index in [9.17, 15) is 4.79 Å². The average Bonchev–Trinajstić information content (AvgIpc) is 2.47. The van der Waals surface area contributed by atoms with E-state index in [2.05, 4.69) is 17.6 Å². The number of hydrogen-bond donors (Lipinski definition) is 2. The van der Waals surface area contributed by atoms with Crippen molar-refractivity contribution in [2.75, 3.05) is 23.8 Å². The van der Waals surface area contributed by atoms with Crippen LogP contribution in [0.5, 0.6) is 5.75 Å². The van der Waals surface area contributed by atoms with Crippen molar-refractivity contribution in [3.8, 4) is 5.75 Å². The number of ether oxygens (including phenoxy) is 1. The third kappa shape index (κ3) is 4.81. The molecule has 0 saturated heterocycles. The average molecular weight is 311 g/mol. The van der Waals surface area contributed by atoms with E-state index in [4.69, 9.17) is 16.3 Å². The third-order valence-electron chi connectivity index (χ3n) is 3.55. The van der Waals surface area contributed by atoms with Gasteiger partial charge in [-0.2, -0.15) is 0 Å². The number of amides is 1. The Balaban J connectivity index is 1.80. The molecular weight excluding hydrogens is 288 g/mol. The molecule has 2 N–H and O–H groups in total.